The quantitative estimate of drug-likeness (QED) is 0.756. The second-order valence-electron chi connectivity index (χ2n) is 5.03. The number of rotatable bonds is 6. The van der Waals surface area contributed by atoms with Gasteiger partial charge in [-0.1, -0.05) is 27.5 Å². The molecule has 2 rings (SSSR count). The molecule has 0 bridgehead atoms. The van der Waals surface area contributed by atoms with Gasteiger partial charge in [0.2, 0.25) is 5.91 Å². The Morgan fingerprint density at radius 3 is 3.09 bits per heavy atom. The van der Waals surface area contributed by atoms with Crippen molar-refractivity contribution in [1.82, 2.24) is 4.90 Å². The minimum atomic E-state index is -0.233. The van der Waals surface area contributed by atoms with E-state index in [-0.39, 0.29) is 18.6 Å². The lowest BCUT2D eigenvalue weighted by atomic mass is 10.2. The Morgan fingerprint density at radius 1 is 1.55 bits per heavy atom. The summed E-state index contributed by atoms with van der Waals surface area (Å²) >= 11 is 9.39. The molecule has 1 heterocycles. The van der Waals surface area contributed by atoms with Crippen LogP contribution in [0.2, 0.25) is 5.02 Å². The van der Waals surface area contributed by atoms with E-state index >= 15 is 0 Å². The van der Waals surface area contributed by atoms with Crippen LogP contribution in [-0.2, 0) is 9.53 Å². The molecule has 1 N–H and O–H groups in total. The Balaban J connectivity index is 1.74. The molecule has 122 valence electrons. The molecule has 7 heteroatoms. The first-order valence-corrected chi connectivity index (χ1v) is 8.35. The maximum absolute atomic E-state index is 12.2. The molecule has 1 aromatic carbocycles. The van der Waals surface area contributed by atoms with Crippen LogP contribution >= 0.6 is 27.5 Å². The van der Waals surface area contributed by atoms with Crippen LogP contribution in [0.1, 0.15) is 12.8 Å². The summed E-state index contributed by atoms with van der Waals surface area (Å²) in [6.45, 7) is 1.79. The predicted molar refractivity (Wildman–Crippen MR) is 87.3 cm³/mol. The van der Waals surface area contributed by atoms with Gasteiger partial charge in [-0.05, 0) is 24.6 Å². The summed E-state index contributed by atoms with van der Waals surface area (Å²) in [4.78, 5) is 13.9. The Bertz CT molecular complexity index is 514. The molecule has 0 aromatic heterocycles. The Kier molecular flexibility index (Phi) is 6.95. The number of amides is 1. The van der Waals surface area contributed by atoms with Crippen molar-refractivity contribution in [2.75, 3.05) is 33.0 Å². The molecule has 0 saturated carbocycles. The highest BCUT2D eigenvalue weighted by atomic mass is 79.9. The fourth-order valence-electron chi connectivity index (χ4n) is 2.28. The van der Waals surface area contributed by atoms with Gasteiger partial charge in [0.15, 0.2) is 0 Å². The zero-order valence-corrected chi connectivity index (χ0v) is 14.5. The summed E-state index contributed by atoms with van der Waals surface area (Å²) in [7, 11) is 0. The number of halogens is 2. The van der Waals surface area contributed by atoms with Crippen LogP contribution in [0.4, 0.5) is 0 Å². The number of ether oxygens (including phenoxy) is 2. The monoisotopic (exact) mass is 391 g/mol. The molecule has 1 atom stereocenters. The normalized spacial score (nSPS) is 18.3. The largest absolute Gasteiger partial charge is 0.492 e. The van der Waals surface area contributed by atoms with Crippen molar-refractivity contribution in [3.05, 3.63) is 27.7 Å². The number of carbonyl (C=O) groups is 1. The van der Waals surface area contributed by atoms with Crippen LogP contribution in [0, 0.1) is 0 Å². The first-order chi connectivity index (χ1) is 10.6. The second kappa shape index (κ2) is 8.72. The molecule has 1 aliphatic rings. The van der Waals surface area contributed by atoms with Crippen molar-refractivity contribution in [3.8, 4) is 5.75 Å². The molecule has 0 aliphatic carbocycles. The van der Waals surface area contributed by atoms with Gasteiger partial charge in [0, 0.05) is 17.4 Å². The lowest BCUT2D eigenvalue weighted by Gasteiger charge is -2.34. The SMILES string of the molecule is O=C(CCCOc1ccc(Br)cc1Cl)N1CCOCC1CO. The van der Waals surface area contributed by atoms with Gasteiger partial charge in [0.25, 0.3) is 0 Å². The number of hydrogen-bond donors (Lipinski definition) is 1. The van der Waals surface area contributed by atoms with E-state index < -0.39 is 0 Å². The van der Waals surface area contributed by atoms with Crippen LogP contribution in [0.25, 0.3) is 0 Å². The van der Waals surface area contributed by atoms with Crippen molar-refractivity contribution < 1.29 is 19.4 Å². The van der Waals surface area contributed by atoms with Gasteiger partial charge >= 0.3 is 0 Å². The summed E-state index contributed by atoms with van der Waals surface area (Å²) in [5.41, 5.74) is 0. The lowest BCUT2D eigenvalue weighted by molar-refractivity contribution is -0.141. The smallest absolute Gasteiger partial charge is 0.223 e. The zero-order chi connectivity index (χ0) is 15.9. The number of morpholine rings is 1. The van der Waals surface area contributed by atoms with Crippen LogP contribution < -0.4 is 4.74 Å². The number of aliphatic hydroxyl groups excluding tert-OH is 1. The molecular weight excluding hydrogens is 374 g/mol. The molecule has 5 nitrogen and oxygen atoms in total. The van der Waals surface area contributed by atoms with E-state index in [1.807, 2.05) is 6.07 Å². The predicted octanol–water partition coefficient (Wildman–Crippen LogP) is 2.48. The highest BCUT2D eigenvalue weighted by Crippen LogP contribution is 2.27. The molecule has 1 aromatic rings. The van der Waals surface area contributed by atoms with Gasteiger partial charge < -0.3 is 19.5 Å². The number of benzene rings is 1. The highest BCUT2D eigenvalue weighted by molar-refractivity contribution is 9.10. The standard InChI is InChI=1S/C15H19BrClNO4/c16-11-3-4-14(13(17)8-11)22-6-1-2-15(20)18-5-7-21-10-12(18)9-19/h3-4,8,12,19H,1-2,5-7,9-10H2. The van der Waals surface area contributed by atoms with Crippen molar-refractivity contribution in [1.29, 1.82) is 0 Å². The van der Waals surface area contributed by atoms with E-state index in [2.05, 4.69) is 15.9 Å². The lowest BCUT2D eigenvalue weighted by Crippen LogP contribution is -2.50. The molecular formula is C15H19BrClNO4. The Labute approximate surface area is 143 Å². The topological polar surface area (TPSA) is 59.0 Å². The third-order valence-electron chi connectivity index (χ3n) is 3.45. The Morgan fingerprint density at radius 2 is 2.36 bits per heavy atom. The van der Waals surface area contributed by atoms with E-state index in [4.69, 9.17) is 21.1 Å². The summed E-state index contributed by atoms with van der Waals surface area (Å²) < 4.78 is 11.7. The van der Waals surface area contributed by atoms with Crippen LogP contribution in [-0.4, -0.2) is 54.9 Å². The maximum Gasteiger partial charge on any atom is 0.223 e. The molecule has 1 amide bonds. The summed E-state index contributed by atoms with van der Waals surface area (Å²) in [6, 6.07) is 5.18. The average Bonchev–Trinajstić information content (AvgIpc) is 2.53. The molecule has 1 fully saturated rings. The first kappa shape index (κ1) is 17.5. The first-order valence-electron chi connectivity index (χ1n) is 7.17. The van der Waals surface area contributed by atoms with Crippen molar-refractivity contribution >= 4 is 33.4 Å². The van der Waals surface area contributed by atoms with Gasteiger partial charge in [-0.15, -0.1) is 0 Å². The van der Waals surface area contributed by atoms with Gasteiger partial charge in [0.05, 0.1) is 37.5 Å². The molecule has 1 unspecified atom stereocenters. The Hall–Kier alpha value is -0.820. The van der Waals surface area contributed by atoms with Gasteiger partial charge in [-0.2, -0.15) is 0 Å². The molecule has 0 spiro atoms. The van der Waals surface area contributed by atoms with E-state index in [1.165, 1.54) is 0 Å². The number of hydrogen-bond acceptors (Lipinski definition) is 4. The van der Waals surface area contributed by atoms with E-state index in [0.29, 0.717) is 50.0 Å². The summed E-state index contributed by atoms with van der Waals surface area (Å²) in [6.07, 6.45) is 0.978. The summed E-state index contributed by atoms with van der Waals surface area (Å²) in [5.74, 6) is 0.629. The fraction of sp³-hybridized carbons (Fsp3) is 0.533. The molecule has 22 heavy (non-hydrogen) atoms. The van der Waals surface area contributed by atoms with Gasteiger partial charge in [-0.25, -0.2) is 0 Å². The minimum Gasteiger partial charge on any atom is -0.492 e. The third kappa shape index (κ3) is 4.84. The van der Waals surface area contributed by atoms with Crippen molar-refractivity contribution in [2.24, 2.45) is 0 Å². The fourth-order valence-corrected chi connectivity index (χ4v) is 3.00. The average molecular weight is 393 g/mol. The second-order valence-corrected chi connectivity index (χ2v) is 6.35. The minimum absolute atomic E-state index is 0.0212. The molecule has 0 radical (unpaired) electrons. The van der Waals surface area contributed by atoms with Crippen molar-refractivity contribution in [2.45, 2.75) is 18.9 Å². The zero-order valence-electron chi connectivity index (χ0n) is 12.1. The van der Waals surface area contributed by atoms with E-state index in [0.717, 1.165) is 4.47 Å². The summed E-state index contributed by atoms with van der Waals surface area (Å²) in [5, 5.41) is 9.80. The number of carbonyl (C=O) groups excluding carboxylic acids is 1. The molecule has 1 aliphatic heterocycles. The van der Waals surface area contributed by atoms with Crippen LogP contribution in [0.15, 0.2) is 22.7 Å². The maximum atomic E-state index is 12.2. The van der Waals surface area contributed by atoms with E-state index in [1.54, 1.807) is 17.0 Å². The van der Waals surface area contributed by atoms with Crippen LogP contribution in [0.3, 0.4) is 0 Å². The van der Waals surface area contributed by atoms with Crippen LogP contribution in [0.5, 0.6) is 5.75 Å². The number of nitrogens with zero attached hydrogens (tertiary/aromatic N) is 1. The van der Waals surface area contributed by atoms with Gasteiger partial charge in [-0.3, -0.25) is 4.79 Å². The van der Waals surface area contributed by atoms with Gasteiger partial charge in [0.1, 0.15) is 5.75 Å². The third-order valence-corrected chi connectivity index (χ3v) is 4.23. The number of aliphatic hydroxyl groups is 1. The van der Waals surface area contributed by atoms with E-state index in [9.17, 15) is 9.90 Å². The molecule has 1 saturated heterocycles. The van der Waals surface area contributed by atoms with Crippen molar-refractivity contribution in [3.63, 3.8) is 0 Å². The highest BCUT2D eigenvalue weighted by Gasteiger charge is 2.26.